The Labute approximate surface area is 201 Å². The summed E-state index contributed by atoms with van der Waals surface area (Å²) in [5.74, 6) is 1.13. The number of aromatic amines is 1. The van der Waals surface area contributed by atoms with Crippen molar-refractivity contribution in [2.75, 3.05) is 6.79 Å². The first-order chi connectivity index (χ1) is 16.5. The van der Waals surface area contributed by atoms with Crippen LogP contribution in [0.2, 0.25) is 0 Å². The van der Waals surface area contributed by atoms with Crippen LogP contribution in [-0.2, 0) is 17.1 Å². The van der Waals surface area contributed by atoms with E-state index in [9.17, 15) is 10.1 Å². The van der Waals surface area contributed by atoms with E-state index >= 15 is 0 Å². The van der Waals surface area contributed by atoms with E-state index in [1.165, 1.54) is 29.0 Å². The third-order valence-corrected chi connectivity index (χ3v) is 6.62. The molecule has 0 radical (unpaired) electrons. The molecule has 0 aliphatic carbocycles. The number of benzene rings is 3. The topological polar surface area (TPSA) is 90.3 Å². The SMILES string of the molecule is Cc1ccc(-c2nc(SCc3cc([N+](=O)[O-])cc4c3OCOC4)[nH]c2-c2ccc(C)cc2)cc1. The van der Waals surface area contributed by atoms with E-state index in [1.54, 1.807) is 6.07 Å². The third-order valence-electron chi connectivity index (χ3n) is 5.69. The molecule has 1 aliphatic rings. The first-order valence-electron chi connectivity index (χ1n) is 10.9. The van der Waals surface area contributed by atoms with E-state index in [0.29, 0.717) is 23.7 Å². The summed E-state index contributed by atoms with van der Waals surface area (Å²) >= 11 is 1.49. The van der Waals surface area contributed by atoms with Gasteiger partial charge in [0.1, 0.15) is 5.75 Å². The number of fused-ring (bicyclic) bond motifs is 1. The van der Waals surface area contributed by atoms with Gasteiger partial charge in [-0.1, -0.05) is 71.4 Å². The standard InChI is InChI=1S/C26H23N3O4S/c1-16-3-7-18(8-4-16)23-24(19-9-5-17(2)6-10-19)28-26(27-23)34-14-21-12-22(29(30)31)11-20-13-32-15-33-25(20)21/h3-12H,13-15H2,1-2H3,(H,27,28). The second-order valence-electron chi connectivity index (χ2n) is 8.25. The molecule has 2 heterocycles. The maximum Gasteiger partial charge on any atom is 0.270 e. The largest absolute Gasteiger partial charge is 0.467 e. The highest BCUT2D eigenvalue weighted by Gasteiger charge is 2.22. The van der Waals surface area contributed by atoms with Crippen LogP contribution in [0.15, 0.2) is 65.8 Å². The minimum absolute atomic E-state index is 0.0311. The van der Waals surface area contributed by atoms with Crippen LogP contribution in [0.4, 0.5) is 5.69 Å². The van der Waals surface area contributed by atoms with Crippen molar-refractivity contribution >= 4 is 17.4 Å². The monoisotopic (exact) mass is 473 g/mol. The van der Waals surface area contributed by atoms with Gasteiger partial charge in [-0.3, -0.25) is 10.1 Å². The second-order valence-corrected chi connectivity index (χ2v) is 9.21. The van der Waals surface area contributed by atoms with Crippen molar-refractivity contribution < 1.29 is 14.4 Å². The lowest BCUT2D eigenvalue weighted by Crippen LogP contribution is -2.13. The highest BCUT2D eigenvalue weighted by atomic mass is 32.2. The molecule has 1 aliphatic heterocycles. The molecular weight excluding hydrogens is 450 g/mol. The molecule has 172 valence electrons. The van der Waals surface area contributed by atoms with E-state index < -0.39 is 0 Å². The lowest BCUT2D eigenvalue weighted by molar-refractivity contribution is -0.385. The third kappa shape index (κ3) is 4.55. The number of nitrogens with zero attached hydrogens (tertiary/aromatic N) is 2. The molecule has 8 heteroatoms. The predicted octanol–water partition coefficient (Wildman–Crippen LogP) is 6.43. The molecule has 0 spiro atoms. The van der Waals surface area contributed by atoms with Gasteiger partial charge in [0, 0.05) is 40.1 Å². The first-order valence-corrected chi connectivity index (χ1v) is 11.8. The van der Waals surface area contributed by atoms with Gasteiger partial charge in [-0.25, -0.2) is 4.98 Å². The molecule has 1 aromatic heterocycles. The summed E-state index contributed by atoms with van der Waals surface area (Å²) in [6, 6.07) is 19.7. The zero-order chi connectivity index (χ0) is 23.7. The van der Waals surface area contributed by atoms with Gasteiger partial charge >= 0.3 is 0 Å². The Balaban J connectivity index is 1.50. The summed E-state index contributed by atoms with van der Waals surface area (Å²) in [7, 11) is 0. The van der Waals surface area contributed by atoms with Crippen molar-refractivity contribution in [2.24, 2.45) is 0 Å². The number of H-pyrrole nitrogens is 1. The van der Waals surface area contributed by atoms with Crippen LogP contribution in [0.1, 0.15) is 22.3 Å². The molecule has 4 aromatic rings. The molecule has 0 fully saturated rings. The normalized spacial score (nSPS) is 12.8. The molecule has 0 unspecified atom stereocenters. The second kappa shape index (κ2) is 9.32. The molecule has 5 rings (SSSR count). The number of hydrogen-bond donors (Lipinski definition) is 1. The predicted molar refractivity (Wildman–Crippen MR) is 132 cm³/mol. The molecular formula is C26H23N3O4S. The maximum atomic E-state index is 11.4. The number of nitro benzene ring substituents is 1. The molecule has 0 saturated carbocycles. The number of non-ortho nitro benzene ring substituents is 1. The number of nitrogens with one attached hydrogen (secondary N) is 1. The highest BCUT2D eigenvalue weighted by molar-refractivity contribution is 7.98. The van der Waals surface area contributed by atoms with Crippen LogP contribution >= 0.6 is 11.8 Å². The van der Waals surface area contributed by atoms with Crippen molar-refractivity contribution in [1.29, 1.82) is 0 Å². The molecule has 0 amide bonds. The molecule has 0 bridgehead atoms. The zero-order valence-corrected chi connectivity index (χ0v) is 19.6. The van der Waals surface area contributed by atoms with Crippen molar-refractivity contribution in [3.63, 3.8) is 0 Å². The molecule has 7 nitrogen and oxygen atoms in total. The lowest BCUT2D eigenvalue weighted by Gasteiger charge is -2.20. The summed E-state index contributed by atoms with van der Waals surface area (Å²) < 4.78 is 11.0. The smallest absolute Gasteiger partial charge is 0.270 e. The van der Waals surface area contributed by atoms with Gasteiger partial charge in [0.05, 0.1) is 22.9 Å². The van der Waals surface area contributed by atoms with E-state index in [-0.39, 0.29) is 17.4 Å². The number of aryl methyl sites for hydroxylation is 2. The van der Waals surface area contributed by atoms with E-state index in [0.717, 1.165) is 33.2 Å². The Morgan fingerprint density at radius 3 is 2.38 bits per heavy atom. The number of rotatable bonds is 6. The van der Waals surface area contributed by atoms with Crippen LogP contribution in [-0.4, -0.2) is 21.7 Å². The fourth-order valence-corrected chi connectivity index (χ4v) is 4.75. The summed E-state index contributed by atoms with van der Waals surface area (Å²) in [6.45, 7) is 4.55. The Kier molecular flexibility index (Phi) is 6.08. The molecule has 0 saturated heterocycles. The van der Waals surface area contributed by atoms with Gasteiger partial charge in [-0.05, 0) is 13.8 Å². The number of aromatic nitrogens is 2. The van der Waals surface area contributed by atoms with Gasteiger partial charge in [0.2, 0.25) is 0 Å². The fraction of sp³-hybridized carbons (Fsp3) is 0.192. The lowest BCUT2D eigenvalue weighted by atomic mass is 10.0. The Morgan fingerprint density at radius 2 is 1.71 bits per heavy atom. The van der Waals surface area contributed by atoms with Crippen LogP contribution in [0, 0.1) is 24.0 Å². The highest BCUT2D eigenvalue weighted by Crippen LogP contribution is 2.38. The van der Waals surface area contributed by atoms with Gasteiger partial charge < -0.3 is 14.5 Å². The Bertz CT molecular complexity index is 1280. The van der Waals surface area contributed by atoms with Crippen LogP contribution in [0.5, 0.6) is 5.75 Å². The van der Waals surface area contributed by atoms with Crippen LogP contribution < -0.4 is 4.74 Å². The molecule has 0 atom stereocenters. The Hall–Kier alpha value is -3.62. The van der Waals surface area contributed by atoms with E-state index in [4.69, 9.17) is 14.5 Å². The summed E-state index contributed by atoms with van der Waals surface area (Å²) in [4.78, 5) is 19.4. The van der Waals surface area contributed by atoms with Crippen molar-refractivity contribution in [3.8, 4) is 28.3 Å². The molecule has 1 N–H and O–H groups in total. The number of nitro groups is 1. The maximum absolute atomic E-state index is 11.4. The van der Waals surface area contributed by atoms with E-state index in [2.05, 4.69) is 67.4 Å². The molecule has 34 heavy (non-hydrogen) atoms. The number of ether oxygens (including phenoxy) is 2. The minimum atomic E-state index is -0.388. The quantitative estimate of drug-likeness (QED) is 0.197. The van der Waals surface area contributed by atoms with Gasteiger partial charge in [0.15, 0.2) is 11.9 Å². The molecule has 3 aromatic carbocycles. The van der Waals surface area contributed by atoms with Crippen molar-refractivity contribution in [3.05, 3.63) is 93.0 Å². The Morgan fingerprint density at radius 1 is 1.03 bits per heavy atom. The number of thioether (sulfide) groups is 1. The van der Waals surface area contributed by atoms with Crippen molar-refractivity contribution in [1.82, 2.24) is 9.97 Å². The summed E-state index contributed by atoms with van der Waals surface area (Å²) in [6.07, 6.45) is 0. The van der Waals surface area contributed by atoms with E-state index in [1.807, 2.05) is 0 Å². The van der Waals surface area contributed by atoms with Crippen LogP contribution in [0.25, 0.3) is 22.5 Å². The minimum Gasteiger partial charge on any atom is -0.467 e. The van der Waals surface area contributed by atoms with Gasteiger partial charge in [-0.2, -0.15) is 0 Å². The average molecular weight is 474 g/mol. The summed E-state index contributed by atoms with van der Waals surface area (Å²) in [5, 5.41) is 12.2. The first kappa shape index (κ1) is 22.2. The zero-order valence-electron chi connectivity index (χ0n) is 18.8. The van der Waals surface area contributed by atoms with Crippen molar-refractivity contribution in [2.45, 2.75) is 31.4 Å². The van der Waals surface area contributed by atoms with Gasteiger partial charge in [0.25, 0.3) is 5.69 Å². The van der Waals surface area contributed by atoms with Crippen LogP contribution in [0.3, 0.4) is 0 Å². The van der Waals surface area contributed by atoms with Gasteiger partial charge in [-0.15, -0.1) is 0 Å². The number of hydrogen-bond acceptors (Lipinski definition) is 6. The average Bonchev–Trinajstić information content (AvgIpc) is 3.27. The fourth-order valence-electron chi connectivity index (χ4n) is 3.91. The summed E-state index contributed by atoms with van der Waals surface area (Å²) in [5.41, 5.74) is 7.74. The number of imidazole rings is 1.